The number of hydrogen-bond acceptors (Lipinski definition) is 6. The summed E-state index contributed by atoms with van der Waals surface area (Å²) in [6.45, 7) is -0.599. The molecule has 34 heavy (non-hydrogen) atoms. The molecule has 1 N–H and O–H groups in total. The third kappa shape index (κ3) is 5.61. The maximum Gasteiger partial charge on any atom is 0.337 e. The Morgan fingerprint density at radius 1 is 0.941 bits per heavy atom. The highest BCUT2D eigenvalue weighted by atomic mass is 35.5. The first-order chi connectivity index (χ1) is 16.2. The molecule has 11 heteroatoms. The van der Waals surface area contributed by atoms with Gasteiger partial charge in [-0.3, -0.25) is 9.10 Å². The van der Waals surface area contributed by atoms with Gasteiger partial charge in [-0.15, -0.1) is 0 Å². The molecule has 3 aromatic carbocycles. The Balaban J connectivity index is 1.97. The highest BCUT2D eigenvalue weighted by Crippen LogP contribution is 2.32. The number of hydrogen-bond donors (Lipinski definition) is 1. The monoisotopic (exact) mass is 522 g/mol. The van der Waals surface area contributed by atoms with E-state index in [4.69, 9.17) is 27.9 Å². The fourth-order valence-corrected chi connectivity index (χ4v) is 4.88. The number of ether oxygens (including phenoxy) is 2. The summed E-state index contributed by atoms with van der Waals surface area (Å²) in [6, 6.07) is 16.2. The van der Waals surface area contributed by atoms with E-state index in [0.717, 1.165) is 4.31 Å². The van der Waals surface area contributed by atoms with Crippen LogP contribution in [0.1, 0.15) is 10.4 Å². The lowest BCUT2D eigenvalue weighted by Gasteiger charge is -2.24. The van der Waals surface area contributed by atoms with Crippen LogP contribution in [0.15, 0.2) is 71.6 Å². The third-order valence-electron chi connectivity index (χ3n) is 4.70. The molecule has 0 radical (unpaired) electrons. The molecule has 0 heterocycles. The number of esters is 1. The number of sulfonamides is 1. The van der Waals surface area contributed by atoms with Gasteiger partial charge in [0.15, 0.2) is 0 Å². The molecule has 0 bridgehead atoms. The highest BCUT2D eigenvalue weighted by Gasteiger charge is 2.28. The Kier molecular flexibility index (Phi) is 8.03. The van der Waals surface area contributed by atoms with E-state index in [1.165, 1.54) is 62.8 Å². The molecule has 0 unspecified atom stereocenters. The number of benzene rings is 3. The molecule has 178 valence electrons. The van der Waals surface area contributed by atoms with Crippen molar-refractivity contribution in [1.29, 1.82) is 0 Å². The van der Waals surface area contributed by atoms with Gasteiger partial charge in [0.2, 0.25) is 5.91 Å². The number of methoxy groups -OCH3 is 2. The van der Waals surface area contributed by atoms with E-state index >= 15 is 0 Å². The molecule has 3 rings (SSSR count). The number of carbonyl (C=O) groups is 2. The zero-order chi connectivity index (χ0) is 24.9. The summed E-state index contributed by atoms with van der Waals surface area (Å²) >= 11 is 12.4. The van der Waals surface area contributed by atoms with Crippen molar-refractivity contribution in [2.45, 2.75) is 4.90 Å². The molecule has 8 nitrogen and oxygen atoms in total. The Bertz CT molecular complexity index is 1320. The second-order valence-electron chi connectivity index (χ2n) is 6.88. The number of rotatable bonds is 8. The van der Waals surface area contributed by atoms with Crippen LogP contribution in [0.2, 0.25) is 10.0 Å². The van der Waals surface area contributed by atoms with Gasteiger partial charge in [0.25, 0.3) is 10.0 Å². The predicted molar refractivity (Wildman–Crippen MR) is 130 cm³/mol. The average molecular weight is 523 g/mol. The SMILES string of the molecule is COC(=O)c1ccc(Cl)c(NC(=O)CN(c2ccc(OC)c(Cl)c2)S(=O)(=O)c2ccccc2)c1. The predicted octanol–water partition coefficient (Wildman–Crippen LogP) is 4.62. The summed E-state index contributed by atoms with van der Waals surface area (Å²) in [4.78, 5) is 24.7. The second-order valence-corrected chi connectivity index (χ2v) is 9.55. The molecule has 0 atom stereocenters. The van der Waals surface area contributed by atoms with Crippen LogP contribution in [0.4, 0.5) is 11.4 Å². The van der Waals surface area contributed by atoms with E-state index < -0.39 is 28.4 Å². The smallest absolute Gasteiger partial charge is 0.337 e. The van der Waals surface area contributed by atoms with Crippen molar-refractivity contribution in [1.82, 2.24) is 0 Å². The molecule has 0 spiro atoms. The van der Waals surface area contributed by atoms with Crippen LogP contribution >= 0.6 is 23.2 Å². The van der Waals surface area contributed by atoms with E-state index in [0.29, 0.717) is 5.75 Å². The van der Waals surface area contributed by atoms with Crippen molar-refractivity contribution in [3.63, 3.8) is 0 Å². The third-order valence-corrected chi connectivity index (χ3v) is 7.12. The first-order valence-corrected chi connectivity index (χ1v) is 12.0. The van der Waals surface area contributed by atoms with Crippen LogP contribution in [-0.4, -0.2) is 41.1 Å². The molecule has 0 fully saturated rings. The fraction of sp³-hybridized carbons (Fsp3) is 0.130. The van der Waals surface area contributed by atoms with Gasteiger partial charge in [0.05, 0.1) is 46.1 Å². The van der Waals surface area contributed by atoms with Crippen LogP contribution in [0.3, 0.4) is 0 Å². The number of carbonyl (C=O) groups excluding carboxylic acids is 2. The number of amides is 1. The molecule has 0 aliphatic heterocycles. The van der Waals surface area contributed by atoms with Gasteiger partial charge in [-0.05, 0) is 48.5 Å². The molecule has 0 saturated heterocycles. The van der Waals surface area contributed by atoms with E-state index in [-0.39, 0.29) is 31.9 Å². The standard InChI is InChI=1S/C23H20Cl2N2O6S/c1-32-21-11-9-16(13-19(21)25)27(34(30,31)17-6-4-3-5-7-17)14-22(28)26-20-12-15(23(29)33-2)8-10-18(20)24/h3-13H,14H2,1-2H3,(H,26,28). The highest BCUT2D eigenvalue weighted by molar-refractivity contribution is 7.92. The minimum Gasteiger partial charge on any atom is -0.495 e. The summed E-state index contributed by atoms with van der Waals surface area (Å²) in [5.41, 5.74) is 0.441. The minimum absolute atomic E-state index is 0.0135. The van der Waals surface area contributed by atoms with Gasteiger partial charge in [-0.25, -0.2) is 13.2 Å². The van der Waals surface area contributed by atoms with E-state index in [1.807, 2.05) is 0 Å². The van der Waals surface area contributed by atoms with Crippen molar-refractivity contribution >= 4 is 56.5 Å². The Labute approximate surface area is 207 Å². The lowest BCUT2D eigenvalue weighted by molar-refractivity contribution is -0.114. The number of nitrogens with zero attached hydrogens (tertiary/aromatic N) is 1. The summed E-state index contributed by atoms with van der Waals surface area (Å²) in [5, 5.41) is 2.88. The van der Waals surface area contributed by atoms with Crippen molar-refractivity contribution in [3.8, 4) is 5.75 Å². The van der Waals surface area contributed by atoms with E-state index in [1.54, 1.807) is 18.2 Å². The van der Waals surface area contributed by atoms with Gasteiger partial charge < -0.3 is 14.8 Å². The molecule has 3 aromatic rings. The zero-order valence-electron chi connectivity index (χ0n) is 18.1. The van der Waals surface area contributed by atoms with Crippen molar-refractivity contribution in [2.75, 3.05) is 30.4 Å². The Morgan fingerprint density at radius 2 is 1.65 bits per heavy atom. The van der Waals surface area contributed by atoms with Gasteiger partial charge in [0.1, 0.15) is 12.3 Å². The number of nitrogens with one attached hydrogen (secondary N) is 1. The lowest BCUT2D eigenvalue weighted by atomic mass is 10.2. The molecular weight excluding hydrogens is 503 g/mol. The summed E-state index contributed by atoms with van der Waals surface area (Å²) in [5.74, 6) is -0.970. The normalized spacial score (nSPS) is 10.9. The molecule has 0 aromatic heterocycles. The quantitative estimate of drug-likeness (QED) is 0.433. The van der Waals surface area contributed by atoms with E-state index in [2.05, 4.69) is 10.1 Å². The molecular formula is C23H20Cl2N2O6S. The molecule has 1 amide bonds. The summed E-state index contributed by atoms with van der Waals surface area (Å²) in [7, 11) is -1.49. The van der Waals surface area contributed by atoms with E-state index in [9.17, 15) is 18.0 Å². The first-order valence-electron chi connectivity index (χ1n) is 9.76. The van der Waals surface area contributed by atoms with Crippen LogP contribution in [0.5, 0.6) is 5.75 Å². The van der Waals surface area contributed by atoms with Crippen LogP contribution in [0, 0.1) is 0 Å². The van der Waals surface area contributed by atoms with Gasteiger partial charge >= 0.3 is 5.97 Å². The minimum atomic E-state index is -4.15. The largest absolute Gasteiger partial charge is 0.495 e. The van der Waals surface area contributed by atoms with Crippen LogP contribution in [0.25, 0.3) is 0 Å². The van der Waals surface area contributed by atoms with Gasteiger partial charge in [-0.2, -0.15) is 0 Å². The number of halogens is 2. The van der Waals surface area contributed by atoms with Gasteiger partial charge in [-0.1, -0.05) is 41.4 Å². The van der Waals surface area contributed by atoms with Crippen molar-refractivity contribution in [2.24, 2.45) is 0 Å². The average Bonchev–Trinajstić information content (AvgIpc) is 2.83. The van der Waals surface area contributed by atoms with Crippen molar-refractivity contribution in [3.05, 3.63) is 82.3 Å². The van der Waals surface area contributed by atoms with Gasteiger partial charge in [0, 0.05) is 0 Å². The molecule has 0 saturated carbocycles. The fourth-order valence-electron chi connectivity index (χ4n) is 3.03. The molecule has 0 aliphatic rings. The lowest BCUT2D eigenvalue weighted by Crippen LogP contribution is -2.38. The maximum atomic E-state index is 13.4. The molecule has 0 aliphatic carbocycles. The topological polar surface area (TPSA) is 102 Å². The Morgan fingerprint density at radius 3 is 2.26 bits per heavy atom. The second kappa shape index (κ2) is 10.8. The van der Waals surface area contributed by atoms with Crippen LogP contribution in [-0.2, 0) is 19.6 Å². The van der Waals surface area contributed by atoms with Crippen LogP contribution < -0.4 is 14.4 Å². The Hall–Kier alpha value is -3.27. The maximum absolute atomic E-state index is 13.4. The zero-order valence-corrected chi connectivity index (χ0v) is 20.4. The summed E-state index contributed by atoms with van der Waals surface area (Å²) in [6.07, 6.45) is 0. The number of anilines is 2. The first kappa shape index (κ1) is 25.4. The van der Waals surface area contributed by atoms with Crippen molar-refractivity contribution < 1.29 is 27.5 Å². The summed E-state index contributed by atoms with van der Waals surface area (Å²) < 4.78 is 37.6.